The van der Waals surface area contributed by atoms with E-state index in [0.717, 1.165) is 12.8 Å². The maximum atomic E-state index is 14.5. The number of methoxy groups -OCH3 is 1. The van der Waals surface area contributed by atoms with Crippen molar-refractivity contribution < 1.29 is 13.9 Å². The highest BCUT2D eigenvalue weighted by Crippen LogP contribution is 2.42. The highest BCUT2D eigenvalue weighted by Gasteiger charge is 2.40. The number of hydrogen-bond donors (Lipinski definition) is 0. The van der Waals surface area contributed by atoms with Crippen molar-refractivity contribution in [1.29, 1.82) is 0 Å². The zero-order chi connectivity index (χ0) is 14.9. The molecule has 0 aliphatic heterocycles. The third-order valence-corrected chi connectivity index (χ3v) is 4.63. The van der Waals surface area contributed by atoms with Gasteiger partial charge in [-0.15, -0.1) is 0 Å². The Labute approximate surface area is 120 Å². The Hall–Kier alpha value is -1.38. The summed E-state index contributed by atoms with van der Waals surface area (Å²) in [7, 11) is 1.46. The molecule has 1 aliphatic carbocycles. The molecule has 0 N–H and O–H groups in total. The predicted octanol–water partition coefficient (Wildman–Crippen LogP) is 4.12. The first-order valence-electron chi connectivity index (χ1n) is 7.23. The smallest absolute Gasteiger partial charge is 0.168 e. The van der Waals surface area contributed by atoms with Gasteiger partial charge in [-0.25, -0.2) is 4.39 Å². The molecule has 20 heavy (non-hydrogen) atoms. The van der Waals surface area contributed by atoms with Crippen LogP contribution in [0, 0.1) is 17.7 Å². The summed E-state index contributed by atoms with van der Waals surface area (Å²) in [5.74, 6) is 0.500. The molecule has 0 spiro atoms. The summed E-state index contributed by atoms with van der Waals surface area (Å²) in [4.78, 5) is 12.3. The van der Waals surface area contributed by atoms with Crippen LogP contribution in [0.2, 0.25) is 0 Å². The molecule has 0 bridgehead atoms. The van der Waals surface area contributed by atoms with Crippen LogP contribution >= 0.6 is 0 Å². The minimum atomic E-state index is -0.504. The standard InChI is InChI=1S/C17H23FO2/c1-11-8-9-12(14(19)10-11)17(2,3)13-6-5-7-15(20-4)16(13)18/h5-7,11-12H,8-10H2,1-4H3. The highest BCUT2D eigenvalue weighted by molar-refractivity contribution is 5.83. The third kappa shape index (κ3) is 2.58. The maximum absolute atomic E-state index is 14.5. The first kappa shape index (κ1) is 15.0. The van der Waals surface area contributed by atoms with Gasteiger partial charge in [-0.3, -0.25) is 4.79 Å². The molecule has 1 aliphatic rings. The predicted molar refractivity (Wildman–Crippen MR) is 77.5 cm³/mol. The Balaban J connectivity index is 2.37. The Bertz CT molecular complexity index is 508. The number of rotatable bonds is 3. The van der Waals surface area contributed by atoms with Crippen molar-refractivity contribution in [3.8, 4) is 5.75 Å². The summed E-state index contributed by atoms with van der Waals surface area (Å²) >= 11 is 0. The third-order valence-electron chi connectivity index (χ3n) is 4.63. The molecule has 0 amide bonds. The minimum absolute atomic E-state index is 0.111. The quantitative estimate of drug-likeness (QED) is 0.831. The molecule has 2 atom stereocenters. The molecule has 0 saturated heterocycles. The summed E-state index contributed by atoms with van der Waals surface area (Å²) in [6.07, 6.45) is 2.48. The lowest BCUT2D eigenvalue weighted by molar-refractivity contribution is -0.128. The van der Waals surface area contributed by atoms with Crippen LogP contribution in [0.5, 0.6) is 5.75 Å². The Morgan fingerprint density at radius 1 is 1.30 bits per heavy atom. The number of carbonyl (C=O) groups is 1. The number of ether oxygens (including phenoxy) is 1. The molecular formula is C17H23FO2. The van der Waals surface area contributed by atoms with E-state index in [1.807, 2.05) is 13.8 Å². The summed E-state index contributed by atoms with van der Waals surface area (Å²) in [5, 5.41) is 0. The van der Waals surface area contributed by atoms with Crippen LogP contribution in [0.3, 0.4) is 0 Å². The molecular weight excluding hydrogens is 255 g/mol. The molecule has 0 aromatic heterocycles. The molecule has 1 saturated carbocycles. The lowest BCUT2D eigenvalue weighted by Crippen LogP contribution is -2.39. The highest BCUT2D eigenvalue weighted by atomic mass is 19.1. The average molecular weight is 278 g/mol. The maximum Gasteiger partial charge on any atom is 0.168 e. The molecule has 1 aromatic carbocycles. The van der Waals surface area contributed by atoms with E-state index < -0.39 is 5.41 Å². The molecule has 1 aromatic rings. The van der Waals surface area contributed by atoms with Crippen LogP contribution in [0.15, 0.2) is 18.2 Å². The Morgan fingerprint density at radius 2 is 2.00 bits per heavy atom. The van der Waals surface area contributed by atoms with Crippen molar-refractivity contribution >= 4 is 5.78 Å². The van der Waals surface area contributed by atoms with Crippen molar-refractivity contribution in [3.05, 3.63) is 29.6 Å². The second-order valence-corrected chi connectivity index (χ2v) is 6.45. The van der Waals surface area contributed by atoms with Gasteiger partial charge in [0, 0.05) is 17.8 Å². The number of hydrogen-bond acceptors (Lipinski definition) is 2. The van der Waals surface area contributed by atoms with Crippen LogP contribution in [-0.4, -0.2) is 12.9 Å². The summed E-state index contributed by atoms with van der Waals surface area (Å²) in [6, 6.07) is 5.16. The van der Waals surface area contributed by atoms with Crippen molar-refractivity contribution in [2.24, 2.45) is 11.8 Å². The molecule has 3 heteroatoms. The fraction of sp³-hybridized carbons (Fsp3) is 0.588. The van der Waals surface area contributed by atoms with Gasteiger partial charge < -0.3 is 4.74 Å². The van der Waals surface area contributed by atoms with E-state index in [1.54, 1.807) is 18.2 Å². The number of Topliss-reactive ketones (excluding diaryl/α,β-unsaturated/α-hetero) is 1. The van der Waals surface area contributed by atoms with E-state index in [9.17, 15) is 9.18 Å². The van der Waals surface area contributed by atoms with Gasteiger partial charge >= 0.3 is 0 Å². The summed E-state index contributed by atoms with van der Waals surface area (Å²) in [6.45, 7) is 6.03. The van der Waals surface area contributed by atoms with Gasteiger partial charge in [0.05, 0.1) is 7.11 Å². The fourth-order valence-electron chi connectivity index (χ4n) is 3.32. The largest absolute Gasteiger partial charge is 0.494 e. The van der Waals surface area contributed by atoms with Crippen LogP contribution in [-0.2, 0) is 10.2 Å². The van der Waals surface area contributed by atoms with Gasteiger partial charge in [0.15, 0.2) is 11.6 Å². The molecule has 2 rings (SSSR count). The Kier molecular flexibility index (Phi) is 4.17. The zero-order valence-electron chi connectivity index (χ0n) is 12.7. The van der Waals surface area contributed by atoms with E-state index in [1.165, 1.54) is 7.11 Å². The Morgan fingerprint density at radius 3 is 2.60 bits per heavy atom. The van der Waals surface area contributed by atoms with Crippen molar-refractivity contribution in [2.75, 3.05) is 7.11 Å². The average Bonchev–Trinajstić information content (AvgIpc) is 2.38. The van der Waals surface area contributed by atoms with Crippen molar-refractivity contribution in [3.63, 3.8) is 0 Å². The number of halogens is 1. The molecule has 110 valence electrons. The van der Waals surface area contributed by atoms with Gasteiger partial charge in [0.25, 0.3) is 0 Å². The van der Waals surface area contributed by atoms with Gasteiger partial charge in [0.2, 0.25) is 0 Å². The second kappa shape index (κ2) is 5.55. The van der Waals surface area contributed by atoms with E-state index in [-0.39, 0.29) is 23.3 Å². The van der Waals surface area contributed by atoms with E-state index in [2.05, 4.69) is 6.92 Å². The van der Waals surface area contributed by atoms with E-state index in [4.69, 9.17) is 4.74 Å². The fourth-order valence-corrected chi connectivity index (χ4v) is 3.32. The summed E-state index contributed by atoms with van der Waals surface area (Å²) < 4.78 is 19.5. The van der Waals surface area contributed by atoms with Crippen LogP contribution in [0.4, 0.5) is 4.39 Å². The summed E-state index contributed by atoms with van der Waals surface area (Å²) in [5.41, 5.74) is 0.0697. The van der Waals surface area contributed by atoms with Crippen LogP contribution < -0.4 is 4.74 Å². The van der Waals surface area contributed by atoms with Gasteiger partial charge in [-0.1, -0.05) is 32.9 Å². The lowest BCUT2D eigenvalue weighted by Gasteiger charge is -2.38. The van der Waals surface area contributed by atoms with Crippen LogP contribution in [0.1, 0.15) is 45.6 Å². The second-order valence-electron chi connectivity index (χ2n) is 6.45. The monoisotopic (exact) mass is 278 g/mol. The van der Waals surface area contributed by atoms with Gasteiger partial charge in [-0.05, 0) is 30.4 Å². The first-order valence-corrected chi connectivity index (χ1v) is 7.23. The van der Waals surface area contributed by atoms with Crippen LogP contribution in [0.25, 0.3) is 0 Å². The number of ketones is 1. The van der Waals surface area contributed by atoms with Crippen molar-refractivity contribution in [1.82, 2.24) is 0 Å². The minimum Gasteiger partial charge on any atom is -0.494 e. The zero-order valence-corrected chi connectivity index (χ0v) is 12.7. The van der Waals surface area contributed by atoms with Gasteiger partial charge in [-0.2, -0.15) is 0 Å². The molecule has 0 heterocycles. The topological polar surface area (TPSA) is 26.3 Å². The molecule has 1 fully saturated rings. The number of carbonyl (C=O) groups excluding carboxylic acids is 1. The van der Waals surface area contributed by atoms with E-state index in [0.29, 0.717) is 17.9 Å². The molecule has 2 nitrogen and oxygen atoms in total. The van der Waals surface area contributed by atoms with E-state index >= 15 is 0 Å². The first-order chi connectivity index (χ1) is 9.37. The van der Waals surface area contributed by atoms with Gasteiger partial charge in [0.1, 0.15) is 5.78 Å². The SMILES string of the molecule is COc1cccc(C(C)(C)C2CCC(C)CC2=O)c1F. The molecule has 0 radical (unpaired) electrons. The number of benzene rings is 1. The normalized spacial score (nSPS) is 23.8. The van der Waals surface area contributed by atoms with Crippen molar-refractivity contribution in [2.45, 2.75) is 45.4 Å². The lowest BCUT2D eigenvalue weighted by atomic mass is 9.65. The molecule has 2 unspecified atom stereocenters.